The van der Waals surface area contributed by atoms with Crippen molar-refractivity contribution in [1.29, 1.82) is 0 Å². The van der Waals surface area contributed by atoms with Gasteiger partial charge in [0.15, 0.2) is 0 Å². The zero-order valence-electron chi connectivity index (χ0n) is 12.1. The minimum Gasteiger partial charge on any atom is -0.397 e. The van der Waals surface area contributed by atoms with E-state index in [4.69, 9.17) is 5.73 Å². The van der Waals surface area contributed by atoms with Crippen molar-refractivity contribution in [2.45, 2.75) is 20.8 Å². The summed E-state index contributed by atoms with van der Waals surface area (Å²) in [5.41, 5.74) is 8.97. The Morgan fingerprint density at radius 3 is 2.60 bits per heavy atom. The Kier molecular flexibility index (Phi) is 4.03. The largest absolute Gasteiger partial charge is 0.397 e. The van der Waals surface area contributed by atoms with Crippen molar-refractivity contribution in [3.05, 3.63) is 53.2 Å². The summed E-state index contributed by atoms with van der Waals surface area (Å²) < 4.78 is 0. The summed E-state index contributed by atoms with van der Waals surface area (Å²) >= 11 is 0. The molecular formula is C16H19N3O. The molecule has 0 aliphatic heterocycles. The predicted octanol–water partition coefficient (Wildman–Crippen LogP) is 2.95. The van der Waals surface area contributed by atoms with E-state index >= 15 is 0 Å². The Balaban J connectivity index is 2.38. The molecule has 0 fully saturated rings. The van der Waals surface area contributed by atoms with Crippen molar-refractivity contribution in [1.82, 2.24) is 4.98 Å². The van der Waals surface area contributed by atoms with E-state index < -0.39 is 0 Å². The molecule has 104 valence electrons. The molecular weight excluding hydrogens is 250 g/mol. The highest BCUT2D eigenvalue weighted by atomic mass is 16.2. The molecule has 4 nitrogen and oxygen atoms in total. The second-order valence-electron chi connectivity index (χ2n) is 4.82. The van der Waals surface area contributed by atoms with E-state index in [0.717, 1.165) is 11.1 Å². The third-order valence-corrected chi connectivity index (χ3v) is 3.23. The zero-order valence-corrected chi connectivity index (χ0v) is 12.1. The van der Waals surface area contributed by atoms with Gasteiger partial charge in [-0.15, -0.1) is 0 Å². The number of aromatic nitrogens is 1. The fourth-order valence-corrected chi connectivity index (χ4v) is 2.08. The van der Waals surface area contributed by atoms with Crippen LogP contribution in [0, 0.1) is 13.8 Å². The Labute approximate surface area is 119 Å². The topological polar surface area (TPSA) is 59.2 Å². The van der Waals surface area contributed by atoms with E-state index in [9.17, 15) is 4.79 Å². The maximum absolute atomic E-state index is 12.7. The first-order chi connectivity index (χ1) is 9.52. The molecule has 0 aliphatic carbocycles. The number of carbonyl (C=O) groups excluding carboxylic acids is 1. The lowest BCUT2D eigenvalue weighted by atomic mass is 10.0. The van der Waals surface area contributed by atoms with E-state index in [1.54, 1.807) is 23.2 Å². The van der Waals surface area contributed by atoms with E-state index in [1.807, 2.05) is 39.0 Å². The average Bonchev–Trinajstić information content (AvgIpc) is 2.44. The number of nitrogens with two attached hydrogens (primary N) is 1. The van der Waals surface area contributed by atoms with Crippen LogP contribution in [0.15, 0.2) is 36.5 Å². The number of nitrogens with zero attached hydrogens (tertiary/aromatic N) is 2. The average molecular weight is 269 g/mol. The molecule has 0 unspecified atom stereocenters. The SMILES string of the molecule is CCN(C(=O)c1cc(C)ccc1C)c1ccc(N)cn1. The van der Waals surface area contributed by atoms with Gasteiger partial charge < -0.3 is 5.73 Å². The van der Waals surface area contributed by atoms with Crippen molar-refractivity contribution >= 4 is 17.4 Å². The van der Waals surface area contributed by atoms with E-state index in [0.29, 0.717) is 23.6 Å². The molecule has 1 aromatic heterocycles. The number of benzene rings is 1. The molecule has 2 aromatic rings. The lowest BCUT2D eigenvalue weighted by molar-refractivity contribution is 0.0987. The van der Waals surface area contributed by atoms with Gasteiger partial charge in [0.2, 0.25) is 0 Å². The van der Waals surface area contributed by atoms with Crippen LogP contribution in [0.1, 0.15) is 28.4 Å². The monoisotopic (exact) mass is 269 g/mol. The minimum atomic E-state index is -0.0361. The smallest absolute Gasteiger partial charge is 0.259 e. The second kappa shape index (κ2) is 5.74. The molecule has 4 heteroatoms. The van der Waals surface area contributed by atoms with Crippen LogP contribution >= 0.6 is 0 Å². The summed E-state index contributed by atoms with van der Waals surface area (Å²) in [5, 5.41) is 0. The normalized spacial score (nSPS) is 10.3. The van der Waals surface area contributed by atoms with Gasteiger partial charge in [0.1, 0.15) is 5.82 Å². The summed E-state index contributed by atoms with van der Waals surface area (Å²) in [6.07, 6.45) is 1.56. The molecule has 0 bridgehead atoms. The first-order valence-corrected chi connectivity index (χ1v) is 6.63. The van der Waals surface area contributed by atoms with Gasteiger partial charge in [0, 0.05) is 12.1 Å². The molecule has 0 spiro atoms. The molecule has 1 amide bonds. The van der Waals surface area contributed by atoms with Crippen LogP contribution in [-0.4, -0.2) is 17.4 Å². The molecule has 1 aromatic carbocycles. The molecule has 0 saturated heterocycles. The van der Waals surface area contributed by atoms with E-state index in [-0.39, 0.29) is 5.91 Å². The molecule has 20 heavy (non-hydrogen) atoms. The van der Waals surface area contributed by atoms with Gasteiger partial charge in [-0.3, -0.25) is 9.69 Å². The van der Waals surface area contributed by atoms with Gasteiger partial charge in [-0.25, -0.2) is 4.98 Å². The molecule has 0 atom stereocenters. The number of nitrogen functional groups attached to an aromatic ring is 1. The lowest BCUT2D eigenvalue weighted by Crippen LogP contribution is -2.32. The molecule has 0 aliphatic rings. The number of hydrogen-bond acceptors (Lipinski definition) is 3. The van der Waals surface area contributed by atoms with Crippen LogP contribution in [0.25, 0.3) is 0 Å². The van der Waals surface area contributed by atoms with Crippen molar-refractivity contribution in [2.24, 2.45) is 0 Å². The van der Waals surface area contributed by atoms with Crippen molar-refractivity contribution in [2.75, 3.05) is 17.2 Å². The van der Waals surface area contributed by atoms with Gasteiger partial charge in [-0.2, -0.15) is 0 Å². The number of anilines is 2. The summed E-state index contributed by atoms with van der Waals surface area (Å²) in [6, 6.07) is 9.40. The zero-order chi connectivity index (χ0) is 14.7. The molecule has 2 N–H and O–H groups in total. The van der Waals surface area contributed by atoms with Crippen LogP contribution < -0.4 is 10.6 Å². The summed E-state index contributed by atoms with van der Waals surface area (Å²) in [6.45, 7) is 6.41. The minimum absolute atomic E-state index is 0.0361. The Hall–Kier alpha value is -2.36. The fraction of sp³-hybridized carbons (Fsp3) is 0.250. The van der Waals surface area contributed by atoms with Gasteiger partial charge in [-0.05, 0) is 44.5 Å². The fourth-order valence-electron chi connectivity index (χ4n) is 2.08. The highest BCUT2D eigenvalue weighted by Gasteiger charge is 2.18. The quantitative estimate of drug-likeness (QED) is 0.932. The second-order valence-corrected chi connectivity index (χ2v) is 4.82. The standard InChI is InChI=1S/C16H19N3O/c1-4-19(15-8-7-13(17)10-18-15)16(20)14-9-11(2)5-6-12(14)3/h5-10H,4,17H2,1-3H3. The molecule has 0 radical (unpaired) electrons. The van der Waals surface area contributed by atoms with Crippen LogP contribution in [0.5, 0.6) is 0 Å². The van der Waals surface area contributed by atoms with Crippen molar-refractivity contribution < 1.29 is 4.79 Å². The first kappa shape index (κ1) is 14.1. The highest BCUT2D eigenvalue weighted by molar-refractivity contribution is 6.06. The number of carbonyl (C=O) groups is 1. The lowest BCUT2D eigenvalue weighted by Gasteiger charge is -2.21. The maximum Gasteiger partial charge on any atom is 0.259 e. The Morgan fingerprint density at radius 2 is 2.00 bits per heavy atom. The van der Waals surface area contributed by atoms with Crippen LogP contribution in [-0.2, 0) is 0 Å². The number of hydrogen-bond donors (Lipinski definition) is 1. The van der Waals surface area contributed by atoms with Gasteiger partial charge in [0.25, 0.3) is 5.91 Å². The van der Waals surface area contributed by atoms with Gasteiger partial charge >= 0.3 is 0 Å². The summed E-state index contributed by atoms with van der Waals surface area (Å²) in [4.78, 5) is 18.6. The summed E-state index contributed by atoms with van der Waals surface area (Å²) in [7, 11) is 0. The number of pyridine rings is 1. The first-order valence-electron chi connectivity index (χ1n) is 6.63. The Bertz CT molecular complexity index is 620. The van der Waals surface area contributed by atoms with Crippen molar-refractivity contribution in [3.8, 4) is 0 Å². The number of amides is 1. The van der Waals surface area contributed by atoms with Gasteiger partial charge in [-0.1, -0.05) is 17.7 Å². The van der Waals surface area contributed by atoms with Gasteiger partial charge in [0.05, 0.1) is 11.9 Å². The Morgan fingerprint density at radius 1 is 1.25 bits per heavy atom. The molecule has 0 saturated carbocycles. The molecule has 2 rings (SSSR count). The number of aryl methyl sites for hydroxylation is 2. The number of rotatable bonds is 3. The molecule has 1 heterocycles. The highest BCUT2D eigenvalue weighted by Crippen LogP contribution is 2.18. The maximum atomic E-state index is 12.7. The third-order valence-electron chi connectivity index (χ3n) is 3.23. The van der Waals surface area contributed by atoms with Crippen molar-refractivity contribution in [3.63, 3.8) is 0 Å². The summed E-state index contributed by atoms with van der Waals surface area (Å²) in [5.74, 6) is 0.582. The predicted molar refractivity (Wildman–Crippen MR) is 81.9 cm³/mol. The van der Waals surface area contributed by atoms with E-state index in [1.165, 1.54) is 0 Å². The van der Waals surface area contributed by atoms with Crippen LogP contribution in [0.4, 0.5) is 11.5 Å². The third kappa shape index (κ3) is 2.79. The van der Waals surface area contributed by atoms with Crippen LogP contribution in [0.2, 0.25) is 0 Å². The van der Waals surface area contributed by atoms with Crippen LogP contribution in [0.3, 0.4) is 0 Å². The van der Waals surface area contributed by atoms with E-state index in [2.05, 4.69) is 4.98 Å².